The molecule has 0 radical (unpaired) electrons. The molecule has 0 unspecified atom stereocenters. The van der Waals surface area contributed by atoms with Crippen LogP contribution in [0.4, 0.5) is 5.69 Å². The summed E-state index contributed by atoms with van der Waals surface area (Å²) >= 11 is 0. The molecule has 8 heteroatoms. The van der Waals surface area contributed by atoms with Gasteiger partial charge in [0.05, 0.1) is 11.1 Å². The molecule has 8 nitrogen and oxygen atoms in total. The Balaban J connectivity index is 2.31. The number of aromatic hydroxyl groups is 1. The molecule has 0 saturated heterocycles. The summed E-state index contributed by atoms with van der Waals surface area (Å²) in [5.41, 5.74) is 0.126. The second-order valence-electron chi connectivity index (χ2n) is 3.09. The number of rotatable bonds is 3. The molecule has 0 amide bonds. The molecule has 2 rings (SSSR count). The SMILES string of the molecule is O=[N+]([O-])c1ccc(O)c(/C=N\n2cnnc2)c1. The lowest BCUT2D eigenvalue weighted by Crippen LogP contribution is -1.92. The van der Waals surface area contributed by atoms with Gasteiger partial charge in [0.25, 0.3) is 5.69 Å². The molecule has 0 aliphatic rings. The van der Waals surface area contributed by atoms with Crippen LogP contribution in [0.2, 0.25) is 0 Å². The fraction of sp³-hybridized carbons (Fsp3) is 0. The van der Waals surface area contributed by atoms with Crippen molar-refractivity contribution in [3.63, 3.8) is 0 Å². The van der Waals surface area contributed by atoms with Crippen molar-refractivity contribution < 1.29 is 10.0 Å². The number of nitro groups is 1. The van der Waals surface area contributed by atoms with Gasteiger partial charge in [-0.2, -0.15) is 5.10 Å². The van der Waals surface area contributed by atoms with Crippen LogP contribution in [-0.4, -0.2) is 31.1 Å². The first-order valence-electron chi connectivity index (χ1n) is 4.53. The summed E-state index contributed by atoms with van der Waals surface area (Å²) < 4.78 is 1.30. The molecule has 17 heavy (non-hydrogen) atoms. The smallest absolute Gasteiger partial charge is 0.270 e. The molecular formula is C9H7N5O3. The largest absolute Gasteiger partial charge is 0.507 e. The number of phenols is 1. The molecule has 2 aromatic rings. The van der Waals surface area contributed by atoms with Crippen molar-refractivity contribution in [2.45, 2.75) is 0 Å². The quantitative estimate of drug-likeness (QED) is 0.478. The molecule has 1 N–H and O–H groups in total. The summed E-state index contributed by atoms with van der Waals surface area (Å²) in [5, 5.41) is 31.0. The Morgan fingerprint density at radius 3 is 2.76 bits per heavy atom. The van der Waals surface area contributed by atoms with Gasteiger partial charge in [0, 0.05) is 17.7 Å². The highest BCUT2D eigenvalue weighted by atomic mass is 16.6. The molecule has 1 heterocycles. The van der Waals surface area contributed by atoms with Gasteiger partial charge in [0.2, 0.25) is 0 Å². The molecule has 0 aliphatic heterocycles. The van der Waals surface area contributed by atoms with E-state index >= 15 is 0 Å². The van der Waals surface area contributed by atoms with Gasteiger partial charge in [-0.25, -0.2) is 4.68 Å². The third kappa shape index (κ3) is 2.43. The van der Waals surface area contributed by atoms with Crippen molar-refractivity contribution in [3.8, 4) is 5.75 Å². The molecule has 1 aromatic heterocycles. The summed E-state index contributed by atoms with van der Waals surface area (Å²) in [6.45, 7) is 0. The van der Waals surface area contributed by atoms with Crippen molar-refractivity contribution in [2.24, 2.45) is 5.10 Å². The van der Waals surface area contributed by atoms with E-state index in [0.29, 0.717) is 0 Å². The summed E-state index contributed by atoms with van der Waals surface area (Å²) in [7, 11) is 0. The zero-order valence-corrected chi connectivity index (χ0v) is 8.46. The van der Waals surface area contributed by atoms with Crippen LogP contribution >= 0.6 is 0 Å². The van der Waals surface area contributed by atoms with Crippen LogP contribution < -0.4 is 0 Å². The van der Waals surface area contributed by atoms with Crippen LogP contribution in [-0.2, 0) is 0 Å². The summed E-state index contributed by atoms with van der Waals surface area (Å²) in [6.07, 6.45) is 3.99. The highest BCUT2D eigenvalue weighted by Crippen LogP contribution is 2.21. The number of non-ortho nitro benzene ring substituents is 1. The summed E-state index contributed by atoms with van der Waals surface area (Å²) in [6, 6.07) is 3.68. The number of phenolic OH excluding ortho intramolecular Hbond substituents is 1. The Labute approximate surface area is 95.0 Å². The van der Waals surface area contributed by atoms with Gasteiger partial charge in [-0.3, -0.25) is 10.1 Å². The van der Waals surface area contributed by atoms with Crippen LogP contribution in [0.3, 0.4) is 0 Å². The van der Waals surface area contributed by atoms with Crippen molar-refractivity contribution in [3.05, 3.63) is 46.5 Å². The van der Waals surface area contributed by atoms with Gasteiger partial charge in [0.15, 0.2) is 0 Å². The van der Waals surface area contributed by atoms with E-state index in [2.05, 4.69) is 15.3 Å². The van der Waals surface area contributed by atoms with Gasteiger partial charge < -0.3 is 5.11 Å². The zero-order valence-electron chi connectivity index (χ0n) is 8.46. The molecule has 0 atom stereocenters. The first-order chi connectivity index (χ1) is 8.16. The van der Waals surface area contributed by atoms with E-state index < -0.39 is 4.92 Å². The van der Waals surface area contributed by atoms with E-state index in [-0.39, 0.29) is 17.0 Å². The van der Waals surface area contributed by atoms with Crippen LogP contribution in [0, 0.1) is 10.1 Å². The third-order valence-electron chi connectivity index (χ3n) is 1.96. The van der Waals surface area contributed by atoms with E-state index in [1.165, 1.54) is 41.7 Å². The lowest BCUT2D eigenvalue weighted by atomic mass is 10.2. The average molecular weight is 233 g/mol. The van der Waals surface area contributed by atoms with E-state index in [4.69, 9.17) is 0 Å². The van der Waals surface area contributed by atoms with E-state index in [0.717, 1.165) is 0 Å². The lowest BCUT2D eigenvalue weighted by molar-refractivity contribution is -0.384. The minimum atomic E-state index is -0.546. The van der Waals surface area contributed by atoms with Gasteiger partial charge in [-0.1, -0.05) is 0 Å². The van der Waals surface area contributed by atoms with E-state index in [1.807, 2.05) is 0 Å². The number of benzene rings is 1. The van der Waals surface area contributed by atoms with Crippen LogP contribution in [0.25, 0.3) is 0 Å². The van der Waals surface area contributed by atoms with Crippen molar-refractivity contribution in [1.29, 1.82) is 0 Å². The second-order valence-corrected chi connectivity index (χ2v) is 3.09. The number of nitro benzene ring substituents is 1. The summed E-state index contributed by atoms with van der Waals surface area (Å²) in [5.74, 6) is -0.0903. The molecule has 86 valence electrons. The normalized spacial score (nSPS) is 10.8. The minimum Gasteiger partial charge on any atom is -0.507 e. The first kappa shape index (κ1) is 10.7. The zero-order chi connectivity index (χ0) is 12.3. The average Bonchev–Trinajstić information content (AvgIpc) is 2.80. The van der Waals surface area contributed by atoms with Crippen molar-refractivity contribution in [2.75, 3.05) is 0 Å². The van der Waals surface area contributed by atoms with E-state index in [1.54, 1.807) is 0 Å². The Bertz CT molecular complexity index is 564. The van der Waals surface area contributed by atoms with Gasteiger partial charge in [-0.05, 0) is 6.07 Å². The maximum atomic E-state index is 10.6. The standard InChI is InChI=1S/C9H7N5O3/c15-9-2-1-8(14(16)17)3-7(9)4-12-13-5-10-11-6-13/h1-6,15H/b12-4-. The van der Waals surface area contributed by atoms with Crippen molar-refractivity contribution in [1.82, 2.24) is 14.9 Å². The Morgan fingerprint density at radius 2 is 2.12 bits per heavy atom. The van der Waals surface area contributed by atoms with Gasteiger partial charge in [0.1, 0.15) is 18.4 Å². The van der Waals surface area contributed by atoms with Crippen LogP contribution in [0.5, 0.6) is 5.75 Å². The molecule has 0 spiro atoms. The summed E-state index contributed by atoms with van der Waals surface area (Å²) in [4.78, 5) is 10.0. The highest BCUT2D eigenvalue weighted by molar-refractivity contribution is 5.84. The van der Waals surface area contributed by atoms with Gasteiger partial charge in [-0.15, -0.1) is 10.2 Å². The molecule has 0 fully saturated rings. The molecule has 0 saturated carbocycles. The highest BCUT2D eigenvalue weighted by Gasteiger charge is 2.08. The number of hydrogen-bond donors (Lipinski definition) is 1. The topological polar surface area (TPSA) is 106 Å². The molecular weight excluding hydrogens is 226 g/mol. The Hall–Kier alpha value is -2.77. The maximum Gasteiger partial charge on any atom is 0.270 e. The predicted octanol–water partition coefficient (Wildman–Crippen LogP) is 0.774. The van der Waals surface area contributed by atoms with Crippen molar-refractivity contribution >= 4 is 11.9 Å². The number of aromatic nitrogens is 3. The monoisotopic (exact) mass is 233 g/mol. The van der Waals surface area contributed by atoms with Crippen LogP contribution in [0.15, 0.2) is 36.0 Å². The lowest BCUT2D eigenvalue weighted by Gasteiger charge is -1.98. The van der Waals surface area contributed by atoms with Gasteiger partial charge >= 0.3 is 0 Å². The molecule has 0 aliphatic carbocycles. The Morgan fingerprint density at radius 1 is 1.41 bits per heavy atom. The van der Waals surface area contributed by atoms with Crippen LogP contribution in [0.1, 0.15) is 5.56 Å². The second kappa shape index (κ2) is 4.39. The molecule has 1 aromatic carbocycles. The Kier molecular flexibility index (Phi) is 2.77. The minimum absolute atomic E-state index is 0.0903. The predicted molar refractivity (Wildman–Crippen MR) is 57.8 cm³/mol. The molecule has 0 bridgehead atoms. The number of hydrogen-bond acceptors (Lipinski definition) is 6. The first-order valence-corrected chi connectivity index (χ1v) is 4.53. The maximum absolute atomic E-state index is 10.6. The fourth-order valence-electron chi connectivity index (χ4n) is 1.14. The fourth-order valence-corrected chi connectivity index (χ4v) is 1.14. The number of nitrogens with zero attached hydrogens (tertiary/aromatic N) is 5. The van der Waals surface area contributed by atoms with E-state index in [9.17, 15) is 15.2 Å². The third-order valence-corrected chi connectivity index (χ3v) is 1.96.